The topological polar surface area (TPSA) is 53.1 Å². The van der Waals surface area contributed by atoms with Gasteiger partial charge in [0.25, 0.3) is 0 Å². The molecule has 2 N–H and O–H groups in total. The highest BCUT2D eigenvalue weighted by atomic mass is 16.5. The van der Waals surface area contributed by atoms with Gasteiger partial charge in [0.2, 0.25) is 0 Å². The highest BCUT2D eigenvalue weighted by molar-refractivity contribution is 5.71. The molecule has 1 heterocycles. The molecule has 0 aliphatic heterocycles. The van der Waals surface area contributed by atoms with Crippen LogP contribution < -0.4 is 10.5 Å². The minimum absolute atomic E-state index is 0.516. The summed E-state index contributed by atoms with van der Waals surface area (Å²) in [4.78, 5) is 0. The van der Waals surface area contributed by atoms with Gasteiger partial charge in [0, 0.05) is 18.7 Å². The van der Waals surface area contributed by atoms with E-state index in [2.05, 4.69) is 25.0 Å². The number of nitrogen functional groups attached to an aromatic ring is 1. The van der Waals surface area contributed by atoms with E-state index in [0.29, 0.717) is 5.82 Å². The van der Waals surface area contributed by atoms with E-state index in [4.69, 9.17) is 10.5 Å². The van der Waals surface area contributed by atoms with Crippen LogP contribution in [0.25, 0.3) is 11.3 Å². The Morgan fingerprint density at radius 1 is 1.18 bits per heavy atom. The zero-order valence-electron chi connectivity index (χ0n) is 10.6. The fraction of sp³-hybridized carbons (Fsp3) is 0.308. The average Bonchev–Trinajstić information content (AvgIpc) is 2.61. The molecule has 4 nitrogen and oxygen atoms in total. The summed E-state index contributed by atoms with van der Waals surface area (Å²) in [5.74, 6) is 1.36. The highest BCUT2D eigenvalue weighted by Crippen LogP contribution is 2.32. The maximum atomic E-state index is 5.70. The molecule has 2 rings (SSSR count). The van der Waals surface area contributed by atoms with Crippen LogP contribution in [-0.2, 0) is 7.05 Å². The molecule has 0 aliphatic carbocycles. The summed E-state index contributed by atoms with van der Waals surface area (Å²) in [5, 5.41) is 4.15. The number of methoxy groups -OCH3 is 1. The number of benzene rings is 1. The number of aromatic nitrogens is 2. The predicted molar refractivity (Wildman–Crippen MR) is 69.1 cm³/mol. The standard InChI is InChI=1S/C13H17N3O/c1-8-5-10(12(17-4)6-9(8)2)11-7-13(14)15-16(11)3/h5-7H,1-4H3,(H2,14,15). The molecule has 0 aliphatic rings. The van der Waals surface area contributed by atoms with Crippen molar-refractivity contribution in [2.75, 3.05) is 12.8 Å². The van der Waals surface area contributed by atoms with Gasteiger partial charge in [0.1, 0.15) is 11.6 Å². The van der Waals surface area contributed by atoms with E-state index in [1.165, 1.54) is 11.1 Å². The SMILES string of the molecule is COc1cc(C)c(C)cc1-c1cc(N)nn1C. The van der Waals surface area contributed by atoms with E-state index in [9.17, 15) is 0 Å². The first-order chi connectivity index (χ1) is 8.02. The van der Waals surface area contributed by atoms with Crippen LogP contribution >= 0.6 is 0 Å². The Labute approximate surface area is 101 Å². The predicted octanol–water partition coefficient (Wildman–Crippen LogP) is 2.29. The van der Waals surface area contributed by atoms with Crippen LogP contribution in [0.1, 0.15) is 11.1 Å². The third-order valence-corrected chi connectivity index (χ3v) is 2.99. The fourth-order valence-corrected chi connectivity index (χ4v) is 1.90. The summed E-state index contributed by atoms with van der Waals surface area (Å²) in [5.41, 5.74) is 10.1. The Morgan fingerprint density at radius 3 is 2.35 bits per heavy atom. The number of nitrogens with two attached hydrogens (primary N) is 1. The lowest BCUT2D eigenvalue weighted by atomic mass is 10.0. The Kier molecular flexibility index (Phi) is 2.79. The van der Waals surface area contributed by atoms with Crippen molar-refractivity contribution in [1.82, 2.24) is 9.78 Å². The molecule has 1 aromatic heterocycles. The maximum Gasteiger partial charge on any atom is 0.146 e. The van der Waals surface area contributed by atoms with Crippen molar-refractivity contribution >= 4 is 5.82 Å². The van der Waals surface area contributed by atoms with Gasteiger partial charge >= 0.3 is 0 Å². The van der Waals surface area contributed by atoms with Crippen LogP contribution in [0.5, 0.6) is 5.75 Å². The zero-order valence-corrected chi connectivity index (χ0v) is 10.6. The van der Waals surface area contributed by atoms with Gasteiger partial charge in [-0.05, 0) is 37.1 Å². The lowest BCUT2D eigenvalue weighted by Gasteiger charge is -2.11. The van der Waals surface area contributed by atoms with E-state index in [1.54, 1.807) is 11.8 Å². The van der Waals surface area contributed by atoms with Gasteiger partial charge < -0.3 is 10.5 Å². The minimum atomic E-state index is 0.516. The maximum absolute atomic E-state index is 5.70. The number of hydrogen-bond acceptors (Lipinski definition) is 3. The summed E-state index contributed by atoms with van der Waals surface area (Å²) in [6.45, 7) is 4.15. The third kappa shape index (κ3) is 1.98. The van der Waals surface area contributed by atoms with Crippen LogP contribution in [0.4, 0.5) is 5.82 Å². The number of anilines is 1. The minimum Gasteiger partial charge on any atom is -0.496 e. The molecule has 0 fully saturated rings. The van der Waals surface area contributed by atoms with Crippen molar-refractivity contribution in [3.05, 3.63) is 29.3 Å². The average molecular weight is 231 g/mol. The third-order valence-electron chi connectivity index (χ3n) is 2.99. The lowest BCUT2D eigenvalue weighted by molar-refractivity contribution is 0.415. The van der Waals surface area contributed by atoms with Gasteiger partial charge in [-0.25, -0.2) is 0 Å². The molecule has 0 unspecified atom stereocenters. The van der Waals surface area contributed by atoms with Gasteiger partial charge in [0.05, 0.1) is 12.8 Å². The van der Waals surface area contributed by atoms with Gasteiger partial charge in [-0.2, -0.15) is 5.10 Å². The second-order valence-corrected chi connectivity index (χ2v) is 4.21. The summed E-state index contributed by atoms with van der Waals surface area (Å²) in [7, 11) is 3.55. The Morgan fingerprint density at radius 2 is 1.82 bits per heavy atom. The van der Waals surface area contributed by atoms with Gasteiger partial charge in [-0.15, -0.1) is 0 Å². The first-order valence-corrected chi connectivity index (χ1v) is 5.48. The molecule has 0 spiro atoms. The number of rotatable bonds is 2. The molecule has 90 valence electrons. The molecule has 1 aromatic carbocycles. The van der Waals surface area contributed by atoms with Crippen LogP contribution in [0, 0.1) is 13.8 Å². The molecule has 0 bridgehead atoms. The van der Waals surface area contributed by atoms with Gasteiger partial charge in [-0.3, -0.25) is 4.68 Å². The second-order valence-electron chi connectivity index (χ2n) is 4.21. The number of nitrogens with zero attached hydrogens (tertiary/aromatic N) is 2. The number of aryl methyl sites for hydroxylation is 3. The molecule has 2 aromatic rings. The van der Waals surface area contributed by atoms with Crippen molar-refractivity contribution in [1.29, 1.82) is 0 Å². The highest BCUT2D eigenvalue weighted by Gasteiger charge is 2.12. The van der Waals surface area contributed by atoms with Crippen LogP contribution in [-0.4, -0.2) is 16.9 Å². The fourth-order valence-electron chi connectivity index (χ4n) is 1.90. The molecule has 0 amide bonds. The van der Waals surface area contributed by atoms with Crippen molar-refractivity contribution < 1.29 is 4.74 Å². The molecule has 0 radical (unpaired) electrons. The van der Waals surface area contributed by atoms with Crippen molar-refractivity contribution in [3.63, 3.8) is 0 Å². The van der Waals surface area contributed by atoms with E-state index in [-0.39, 0.29) is 0 Å². The van der Waals surface area contributed by atoms with Crippen LogP contribution in [0.3, 0.4) is 0 Å². The van der Waals surface area contributed by atoms with Crippen molar-refractivity contribution in [2.45, 2.75) is 13.8 Å². The summed E-state index contributed by atoms with van der Waals surface area (Å²) in [6, 6.07) is 5.99. The molecular weight excluding hydrogens is 214 g/mol. The second kappa shape index (κ2) is 4.13. The van der Waals surface area contributed by atoms with Crippen LogP contribution in [0.2, 0.25) is 0 Å². The smallest absolute Gasteiger partial charge is 0.146 e. The Bertz CT molecular complexity index is 558. The molecule has 0 saturated carbocycles. The summed E-state index contributed by atoms with van der Waals surface area (Å²) in [6.07, 6.45) is 0. The molecule has 4 heteroatoms. The first kappa shape index (κ1) is 11.5. The molecule has 0 saturated heterocycles. The summed E-state index contributed by atoms with van der Waals surface area (Å²) < 4.78 is 7.18. The molecular formula is C13H17N3O. The van der Waals surface area contributed by atoms with Crippen molar-refractivity contribution in [3.8, 4) is 17.0 Å². The van der Waals surface area contributed by atoms with Gasteiger partial charge in [0.15, 0.2) is 0 Å². The molecule has 17 heavy (non-hydrogen) atoms. The Balaban J connectivity index is 2.66. The Hall–Kier alpha value is -1.97. The van der Waals surface area contributed by atoms with E-state index in [1.807, 2.05) is 19.2 Å². The lowest BCUT2D eigenvalue weighted by Crippen LogP contribution is -1.97. The number of ether oxygens (including phenoxy) is 1. The summed E-state index contributed by atoms with van der Waals surface area (Å²) >= 11 is 0. The largest absolute Gasteiger partial charge is 0.496 e. The van der Waals surface area contributed by atoms with Gasteiger partial charge in [-0.1, -0.05) is 0 Å². The van der Waals surface area contributed by atoms with Crippen LogP contribution in [0.15, 0.2) is 18.2 Å². The van der Waals surface area contributed by atoms with Crippen molar-refractivity contribution in [2.24, 2.45) is 7.05 Å². The zero-order chi connectivity index (χ0) is 12.6. The first-order valence-electron chi connectivity index (χ1n) is 5.48. The van der Waals surface area contributed by atoms with E-state index >= 15 is 0 Å². The van der Waals surface area contributed by atoms with E-state index < -0.39 is 0 Å². The quantitative estimate of drug-likeness (QED) is 0.862. The normalized spacial score (nSPS) is 10.6. The monoisotopic (exact) mass is 231 g/mol. The number of hydrogen-bond donors (Lipinski definition) is 1. The molecule has 0 atom stereocenters. The van der Waals surface area contributed by atoms with E-state index in [0.717, 1.165) is 17.0 Å².